The van der Waals surface area contributed by atoms with Crippen LogP contribution < -0.4 is 10.6 Å². The van der Waals surface area contributed by atoms with E-state index in [-0.39, 0.29) is 18.2 Å². The number of rotatable bonds is 6. The van der Waals surface area contributed by atoms with Gasteiger partial charge in [-0.15, -0.1) is 0 Å². The number of ether oxygens (including phenoxy) is 2. The highest BCUT2D eigenvalue weighted by Crippen LogP contribution is 2.16. The highest BCUT2D eigenvalue weighted by Gasteiger charge is 2.37. The largest absolute Gasteiger partial charge is 0.388 e. The molecule has 2 aliphatic heterocycles. The monoisotopic (exact) mass is 316 g/mol. The van der Waals surface area contributed by atoms with E-state index in [2.05, 4.69) is 27.5 Å². The van der Waals surface area contributed by atoms with Crippen molar-refractivity contribution in [3.8, 4) is 0 Å². The molecule has 2 saturated heterocycles. The van der Waals surface area contributed by atoms with Crippen molar-refractivity contribution in [2.24, 2.45) is 0 Å². The van der Waals surface area contributed by atoms with Crippen molar-refractivity contribution in [2.75, 3.05) is 66.6 Å². The van der Waals surface area contributed by atoms with Gasteiger partial charge in [0.15, 0.2) is 0 Å². The van der Waals surface area contributed by atoms with Crippen LogP contribution in [0.15, 0.2) is 0 Å². The molecule has 2 aliphatic rings. The van der Waals surface area contributed by atoms with Crippen LogP contribution in [0.4, 0.5) is 4.79 Å². The van der Waals surface area contributed by atoms with Gasteiger partial charge in [-0.05, 0) is 7.05 Å². The Morgan fingerprint density at radius 2 is 2.09 bits per heavy atom. The normalized spacial score (nSPS) is 30.4. The van der Waals surface area contributed by atoms with Gasteiger partial charge >= 0.3 is 6.03 Å². The van der Waals surface area contributed by atoms with Crippen LogP contribution in [0.3, 0.4) is 0 Å². The number of piperazine rings is 1. The number of aliphatic hydroxyl groups excluding tert-OH is 1. The summed E-state index contributed by atoms with van der Waals surface area (Å²) in [5, 5.41) is 15.8. The summed E-state index contributed by atoms with van der Waals surface area (Å²) in [6, 6.07) is -0.662. The summed E-state index contributed by atoms with van der Waals surface area (Å²) in [5.41, 5.74) is 0. The molecule has 0 aromatic carbocycles. The summed E-state index contributed by atoms with van der Waals surface area (Å²) < 4.78 is 10.5. The number of carbonyl (C=O) groups is 1. The number of nitrogens with zero attached hydrogens (tertiary/aromatic N) is 2. The lowest BCUT2D eigenvalue weighted by Crippen LogP contribution is -2.52. The molecule has 0 aromatic rings. The van der Waals surface area contributed by atoms with Crippen LogP contribution >= 0.6 is 0 Å². The van der Waals surface area contributed by atoms with Crippen LogP contribution in [-0.4, -0.2) is 106 Å². The van der Waals surface area contributed by atoms with E-state index in [1.54, 1.807) is 7.11 Å². The van der Waals surface area contributed by atoms with E-state index in [1.165, 1.54) is 0 Å². The van der Waals surface area contributed by atoms with Crippen molar-refractivity contribution < 1.29 is 19.4 Å². The number of amides is 2. The number of aliphatic hydroxyl groups is 1. The molecule has 2 fully saturated rings. The number of carbonyl (C=O) groups excluding carboxylic acids is 1. The Balaban J connectivity index is 1.70. The second-order valence-electron chi connectivity index (χ2n) is 5.97. The smallest absolute Gasteiger partial charge is 0.315 e. The van der Waals surface area contributed by atoms with Crippen LogP contribution in [0, 0.1) is 0 Å². The summed E-state index contributed by atoms with van der Waals surface area (Å²) in [5.74, 6) is 0. The van der Waals surface area contributed by atoms with Crippen molar-refractivity contribution >= 4 is 6.03 Å². The second-order valence-corrected chi connectivity index (χ2v) is 5.97. The standard InChI is InChI=1S/C14H28N4O4/c1-17-4-6-18(7-5-17)9-12-13(19)11(10-22-12)16-14(20)15-3-8-21-2/h11-13,19H,3-10H2,1-2H3,(H2,15,16,20)/t11-,12-,13+/m0/s1. The molecule has 0 bridgehead atoms. The third-order valence-electron chi connectivity index (χ3n) is 4.23. The topological polar surface area (TPSA) is 86.3 Å². The van der Waals surface area contributed by atoms with Crippen molar-refractivity contribution in [1.29, 1.82) is 0 Å². The number of hydrogen-bond donors (Lipinski definition) is 3. The molecule has 128 valence electrons. The predicted octanol–water partition coefficient (Wildman–Crippen LogP) is -1.69. The minimum Gasteiger partial charge on any atom is -0.388 e. The summed E-state index contributed by atoms with van der Waals surface area (Å²) in [6.07, 6.45) is -0.916. The van der Waals surface area contributed by atoms with E-state index in [0.717, 1.165) is 26.2 Å². The second kappa shape index (κ2) is 8.64. The molecule has 0 radical (unpaired) electrons. The Morgan fingerprint density at radius 1 is 1.36 bits per heavy atom. The van der Waals surface area contributed by atoms with Crippen molar-refractivity contribution in [3.05, 3.63) is 0 Å². The average molecular weight is 316 g/mol. The van der Waals surface area contributed by atoms with Crippen molar-refractivity contribution in [2.45, 2.75) is 18.2 Å². The summed E-state index contributed by atoms with van der Waals surface area (Å²) >= 11 is 0. The van der Waals surface area contributed by atoms with Crippen molar-refractivity contribution in [1.82, 2.24) is 20.4 Å². The van der Waals surface area contributed by atoms with Gasteiger partial charge in [0, 0.05) is 46.4 Å². The zero-order valence-corrected chi connectivity index (χ0v) is 13.5. The third-order valence-corrected chi connectivity index (χ3v) is 4.23. The fourth-order valence-electron chi connectivity index (χ4n) is 2.74. The third kappa shape index (κ3) is 5.06. The maximum absolute atomic E-state index is 11.7. The maximum atomic E-state index is 11.7. The lowest BCUT2D eigenvalue weighted by atomic mass is 10.1. The lowest BCUT2D eigenvalue weighted by Gasteiger charge is -2.34. The lowest BCUT2D eigenvalue weighted by molar-refractivity contribution is 0.00620. The van der Waals surface area contributed by atoms with Gasteiger partial charge in [0.25, 0.3) is 0 Å². The molecule has 8 nitrogen and oxygen atoms in total. The van der Waals surface area contributed by atoms with Gasteiger partial charge in [0.2, 0.25) is 0 Å². The molecule has 3 atom stereocenters. The number of nitrogens with one attached hydrogen (secondary N) is 2. The molecule has 0 aromatic heterocycles. The van der Waals surface area contributed by atoms with Gasteiger partial charge < -0.3 is 30.1 Å². The molecule has 2 heterocycles. The first-order valence-corrected chi connectivity index (χ1v) is 7.84. The van der Waals surface area contributed by atoms with E-state index in [0.29, 0.717) is 26.3 Å². The predicted molar refractivity (Wildman–Crippen MR) is 81.9 cm³/mol. The maximum Gasteiger partial charge on any atom is 0.315 e. The minimum absolute atomic E-state index is 0.243. The van der Waals surface area contributed by atoms with E-state index in [9.17, 15) is 9.90 Å². The highest BCUT2D eigenvalue weighted by atomic mass is 16.5. The van der Waals surface area contributed by atoms with E-state index >= 15 is 0 Å². The van der Waals surface area contributed by atoms with Gasteiger partial charge in [-0.25, -0.2) is 4.79 Å². The van der Waals surface area contributed by atoms with Gasteiger partial charge in [-0.1, -0.05) is 0 Å². The Morgan fingerprint density at radius 3 is 2.77 bits per heavy atom. The quantitative estimate of drug-likeness (QED) is 0.507. The number of hydrogen-bond acceptors (Lipinski definition) is 6. The highest BCUT2D eigenvalue weighted by molar-refractivity contribution is 5.74. The number of urea groups is 1. The fraction of sp³-hybridized carbons (Fsp3) is 0.929. The minimum atomic E-state index is -0.673. The summed E-state index contributed by atoms with van der Waals surface area (Å²) in [6.45, 7) is 5.99. The van der Waals surface area contributed by atoms with Crippen LogP contribution in [0.5, 0.6) is 0 Å². The van der Waals surface area contributed by atoms with Crippen LogP contribution in [0.25, 0.3) is 0 Å². The molecular formula is C14H28N4O4. The fourth-order valence-corrected chi connectivity index (χ4v) is 2.74. The molecule has 22 heavy (non-hydrogen) atoms. The van der Waals surface area contributed by atoms with Gasteiger partial charge in [0.05, 0.1) is 25.4 Å². The summed E-state index contributed by atoms with van der Waals surface area (Å²) in [4.78, 5) is 16.3. The zero-order valence-electron chi connectivity index (χ0n) is 13.5. The van der Waals surface area contributed by atoms with Gasteiger partial charge in [-0.2, -0.15) is 0 Å². The first kappa shape index (κ1) is 17.4. The Kier molecular flexibility index (Phi) is 6.84. The molecule has 2 rings (SSSR count). The Bertz CT molecular complexity index is 350. The van der Waals surface area contributed by atoms with Gasteiger partial charge in [0.1, 0.15) is 6.10 Å². The SMILES string of the molecule is COCCNC(=O)N[C@H]1CO[C@@H](CN2CCN(C)CC2)[C@@H]1O. The van der Waals surface area contributed by atoms with Crippen LogP contribution in [0.1, 0.15) is 0 Å². The average Bonchev–Trinajstić information content (AvgIpc) is 2.83. The molecule has 2 amide bonds. The van der Waals surface area contributed by atoms with E-state index in [4.69, 9.17) is 9.47 Å². The van der Waals surface area contributed by atoms with Crippen LogP contribution in [-0.2, 0) is 9.47 Å². The molecule has 0 aliphatic carbocycles. The molecule has 0 saturated carbocycles. The summed E-state index contributed by atoms with van der Waals surface area (Å²) in [7, 11) is 3.69. The Labute approximate surface area is 131 Å². The first-order chi connectivity index (χ1) is 10.6. The molecular weight excluding hydrogens is 288 g/mol. The van der Waals surface area contributed by atoms with Gasteiger partial charge in [-0.3, -0.25) is 4.90 Å². The molecule has 0 unspecified atom stereocenters. The Hall–Kier alpha value is -0.930. The zero-order chi connectivity index (χ0) is 15.9. The molecule has 3 N–H and O–H groups in total. The van der Waals surface area contributed by atoms with Crippen LogP contribution in [0.2, 0.25) is 0 Å². The first-order valence-electron chi connectivity index (χ1n) is 7.84. The molecule has 8 heteroatoms. The number of methoxy groups -OCH3 is 1. The van der Waals surface area contributed by atoms with Crippen molar-refractivity contribution in [3.63, 3.8) is 0 Å². The number of likely N-dealkylation sites (N-methyl/N-ethyl adjacent to an activating group) is 1. The van der Waals surface area contributed by atoms with E-state index in [1.807, 2.05) is 0 Å². The van der Waals surface area contributed by atoms with E-state index < -0.39 is 6.10 Å². The molecule has 0 spiro atoms.